The first kappa shape index (κ1) is 18.7. The Bertz CT molecular complexity index is 785. The van der Waals surface area contributed by atoms with Gasteiger partial charge in [0.25, 0.3) is 0 Å². The summed E-state index contributed by atoms with van der Waals surface area (Å²) in [6, 6.07) is 7.90. The zero-order chi connectivity index (χ0) is 18.7. The number of nitrogens with zero attached hydrogens (tertiary/aromatic N) is 2. The zero-order valence-electron chi connectivity index (χ0n) is 15.0. The Hall–Kier alpha value is -2.09. The maximum absolute atomic E-state index is 12.3. The third-order valence-corrected chi connectivity index (χ3v) is 6.68. The summed E-state index contributed by atoms with van der Waals surface area (Å²) in [6.45, 7) is 4.68. The highest BCUT2D eigenvalue weighted by Gasteiger charge is 2.30. The number of piperazine rings is 1. The Kier molecular flexibility index (Phi) is 5.50. The van der Waals surface area contributed by atoms with Crippen molar-refractivity contribution in [3.63, 3.8) is 0 Å². The van der Waals surface area contributed by atoms with Crippen LogP contribution in [-0.4, -0.2) is 68.9 Å². The number of amides is 2. The van der Waals surface area contributed by atoms with Crippen LogP contribution in [0.3, 0.4) is 0 Å². The van der Waals surface area contributed by atoms with Crippen molar-refractivity contribution in [1.82, 2.24) is 10.2 Å². The van der Waals surface area contributed by atoms with E-state index in [0.717, 1.165) is 18.8 Å². The van der Waals surface area contributed by atoms with E-state index in [1.54, 1.807) is 4.90 Å². The second-order valence-electron chi connectivity index (χ2n) is 7.05. The Morgan fingerprint density at radius 3 is 2.54 bits per heavy atom. The number of aryl methyl sites for hydroxylation is 1. The highest BCUT2D eigenvalue weighted by atomic mass is 32.2. The Labute approximate surface area is 154 Å². The van der Waals surface area contributed by atoms with Crippen LogP contribution in [0.1, 0.15) is 18.4 Å². The largest absolute Gasteiger partial charge is 0.368 e. The molecule has 2 aliphatic rings. The molecule has 0 bridgehead atoms. The molecule has 1 N–H and O–H groups in total. The first-order valence-corrected chi connectivity index (χ1v) is 10.7. The smallest absolute Gasteiger partial charge is 0.232 e. The van der Waals surface area contributed by atoms with Crippen molar-refractivity contribution >= 4 is 27.3 Å². The normalized spacial score (nSPS) is 22.3. The van der Waals surface area contributed by atoms with Crippen LogP contribution in [0.5, 0.6) is 0 Å². The second kappa shape index (κ2) is 7.65. The van der Waals surface area contributed by atoms with Gasteiger partial charge in [0, 0.05) is 37.9 Å². The van der Waals surface area contributed by atoms with Crippen molar-refractivity contribution < 1.29 is 18.0 Å². The lowest BCUT2D eigenvalue weighted by Gasteiger charge is -2.36. The van der Waals surface area contributed by atoms with Crippen LogP contribution in [0, 0.1) is 6.92 Å². The molecule has 2 heterocycles. The molecule has 2 aliphatic heterocycles. The fraction of sp³-hybridized carbons (Fsp3) is 0.556. The number of sulfone groups is 1. The SMILES string of the molecule is Cc1cccc(N2CCN(C(=O)CC(=O)NC3CCS(=O)(=O)C3)CC2)c1. The zero-order valence-corrected chi connectivity index (χ0v) is 15.8. The van der Waals surface area contributed by atoms with Gasteiger partial charge in [0.1, 0.15) is 6.42 Å². The molecule has 2 fully saturated rings. The number of carbonyl (C=O) groups excluding carboxylic acids is 2. The molecule has 1 unspecified atom stereocenters. The minimum Gasteiger partial charge on any atom is -0.368 e. The Morgan fingerprint density at radius 2 is 1.92 bits per heavy atom. The standard InChI is InChI=1S/C18H25N3O4S/c1-14-3-2-4-16(11-14)20-6-8-21(9-7-20)18(23)12-17(22)19-15-5-10-26(24,25)13-15/h2-4,11,15H,5-10,12-13H2,1H3,(H,19,22). The van der Waals surface area contributed by atoms with Crippen LogP contribution in [-0.2, 0) is 19.4 Å². The van der Waals surface area contributed by atoms with Crippen molar-refractivity contribution in [2.45, 2.75) is 25.8 Å². The molecule has 2 saturated heterocycles. The van der Waals surface area contributed by atoms with E-state index in [2.05, 4.69) is 35.3 Å². The Balaban J connectivity index is 1.45. The lowest BCUT2D eigenvalue weighted by Crippen LogP contribution is -2.50. The van der Waals surface area contributed by atoms with Gasteiger partial charge in [0.2, 0.25) is 11.8 Å². The fourth-order valence-electron chi connectivity index (χ4n) is 3.48. The summed E-state index contributed by atoms with van der Waals surface area (Å²) < 4.78 is 22.9. The van der Waals surface area contributed by atoms with Gasteiger partial charge < -0.3 is 15.1 Å². The van der Waals surface area contributed by atoms with Gasteiger partial charge in [-0.25, -0.2) is 8.42 Å². The molecule has 3 rings (SSSR count). The van der Waals surface area contributed by atoms with Crippen molar-refractivity contribution in [3.05, 3.63) is 29.8 Å². The summed E-state index contributed by atoms with van der Waals surface area (Å²) >= 11 is 0. The third kappa shape index (κ3) is 4.75. The van der Waals surface area contributed by atoms with E-state index in [4.69, 9.17) is 0 Å². The molecule has 0 radical (unpaired) electrons. The molecule has 8 heteroatoms. The van der Waals surface area contributed by atoms with Crippen LogP contribution >= 0.6 is 0 Å². The quantitative estimate of drug-likeness (QED) is 0.763. The van der Waals surface area contributed by atoms with Gasteiger partial charge in [-0.05, 0) is 31.0 Å². The van der Waals surface area contributed by atoms with E-state index in [9.17, 15) is 18.0 Å². The molecule has 0 aromatic heterocycles. The molecule has 1 aromatic rings. The number of hydrogen-bond donors (Lipinski definition) is 1. The average Bonchev–Trinajstić information content (AvgIpc) is 2.93. The minimum absolute atomic E-state index is 0.0257. The number of anilines is 1. The molecule has 0 aliphatic carbocycles. The topological polar surface area (TPSA) is 86.8 Å². The molecular weight excluding hydrogens is 354 g/mol. The summed E-state index contributed by atoms with van der Waals surface area (Å²) in [7, 11) is -3.04. The first-order valence-electron chi connectivity index (χ1n) is 8.91. The van der Waals surface area contributed by atoms with Gasteiger partial charge in [-0.2, -0.15) is 0 Å². The summed E-state index contributed by atoms with van der Waals surface area (Å²) in [5.74, 6) is -0.514. The van der Waals surface area contributed by atoms with Gasteiger partial charge in [-0.1, -0.05) is 12.1 Å². The number of carbonyl (C=O) groups is 2. The maximum atomic E-state index is 12.3. The minimum atomic E-state index is -3.04. The first-order chi connectivity index (χ1) is 12.3. The van der Waals surface area contributed by atoms with Gasteiger partial charge in [0.05, 0.1) is 11.5 Å². The lowest BCUT2D eigenvalue weighted by atomic mass is 10.2. The molecular formula is C18H25N3O4S. The van der Waals surface area contributed by atoms with Crippen LogP contribution in [0.15, 0.2) is 24.3 Å². The Morgan fingerprint density at radius 1 is 1.19 bits per heavy atom. The van der Waals surface area contributed by atoms with E-state index < -0.39 is 15.7 Å². The molecule has 1 atom stereocenters. The highest BCUT2D eigenvalue weighted by Crippen LogP contribution is 2.18. The number of benzene rings is 1. The van der Waals surface area contributed by atoms with Crippen LogP contribution in [0.25, 0.3) is 0 Å². The van der Waals surface area contributed by atoms with Crippen LogP contribution in [0.4, 0.5) is 5.69 Å². The molecule has 0 spiro atoms. The van der Waals surface area contributed by atoms with Gasteiger partial charge in [-0.3, -0.25) is 9.59 Å². The molecule has 7 nitrogen and oxygen atoms in total. The predicted octanol–water partition coefficient (Wildman–Crippen LogP) is 0.337. The summed E-state index contributed by atoms with van der Waals surface area (Å²) in [5.41, 5.74) is 2.35. The number of rotatable bonds is 4. The van der Waals surface area contributed by atoms with Crippen LogP contribution in [0.2, 0.25) is 0 Å². The van der Waals surface area contributed by atoms with E-state index in [0.29, 0.717) is 19.5 Å². The molecule has 0 saturated carbocycles. The van der Waals surface area contributed by atoms with Gasteiger partial charge in [-0.15, -0.1) is 0 Å². The summed E-state index contributed by atoms with van der Waals surface area (Å²) in [5, 5.41) is 2.67. The van der Waals surface area contributed by atoms with E-state index in [-0.39, 0.29) is 29.9 Å². The molecule has 2 amide bonds. The summed E-state index contributed by atoms with van der Waals surface area (Å²) in [4.78, 5) is 28.3. The highest BCUT2D eigenvalue weighted by molar-refractivity contribution is 7.91. The number of hydrogen-bond acceptors (Lipinski definition) is 5. The van der Waals surface area contributed by atoms with E-state index in [1.807, 2.05) is 6.07 Å². The molecule has 142 valence electrons. The maximum Gasteiger partial charge on any atom is 0.232 e. The van der Waals surface area contributed by atoms with Crippen molar-refractivity contribution in [1.29, 1.82) is 0 Å². The number of nitrogens with one attached hydrogen (secondary N) is 1. The third-order valence-electron chi connectivity index (χ3n) is 4.91. The average molecular weight is 379 g/mol. The van der Waals surface area contributed by atoms with E-state index in [1.165, 1.54) is 5.56 Å². The van der Waals surface area contributed by atoms with Crippen molar-refractivity contribution in [2.75, 3.05) is 42.6 Å². The van der Waals surface area contributed by atoms with E-state index >= 15 is 0 Å². The molecule has 1 aromatic carbocycles. The van der Waals surface area contributed by atoms with Gasteiger partial charge in [0.15, 0.2) is 9.84 Å². The summed E-state index contributed by atoms with van der Waals surface area (Å²) in [6.07, 6.45) is 0.207. The van der Waals surface area contributed by atoms with Gasteiger partial charge >= 0.3 is 0 Å². The lowest BCUT2D eigenvalue weighted by molar-refractivity contribution is -0.136. The monoisotopic (exact) mass is 379 g/mol. The van der Waals surface area contributed by atoms with Crippen molar-refractivity contribution in [3.8, 4) is 0 Å². The van der Waals surface area contributed by atoms with Crippen molar-refractivity contribution in [2.24, 2.45) is 0 Å². The fourth-order valence-corrected chi connectivity index (χ4v) is 5.15. The second-order valence-corrected chi connectivity index (χ2v) is 9.28. The molecule has 26 heavy (non-hydrogen) atoms. The van der Waals surface area contributed by atoms with Crippen LogP contribution < -0.4 is 10.2 Å². The predicted molar refractivity (Wildman–Crippen MR) is 99.8 cm³/mol.